The van der Waals surface area contributed by atoms with Crippen LogP contribution in [-0.4, -0.2) is 29.3 Å². The number of benzene rings is 1. The Morgan fingerprint density at radius 1 is 1.15 bits per heavy atom. The van der Waals surface area contributed by atoms with Gasteiger partial charge in [-0.15, -0.1) is 0 Å². The number of carboxylic acids is 1. The highest BCUT2D eigenvalue weighted by Gasteiger charge is 2.38. The van der Waals surface area contributed by atoms with E-state index in [1.165, 1.54) is 17.0 Å². The molecule has 1 N–H and O–H groups in total. The van der Waals surface area contributed by atoms with Crippen LogP contribution in [0.4, 0.5) is 5.69 Å². The Morgan fingerprint density at radius 3 is 2.45 bits per heavy atom. The number of carboxylic acid groups (broad SMARTS) is 1. The molecule has 2 rings (SSSR count). The van der Waals surface area contributed by atoms with Gasteiger partial charge in [0.1, 0.15) is 0 Å². The Labute approximate surface area is 125 Å². The topological polar surface area (TPSA) is 74.7 Å². The molecule has 0 unspecified atom stereocenters. The molecule has 106 valence electrons. The second-order valence-electron chi connectivity index (χ2n) is 4.39. The van der Waals surface area contributed by atoms with Crippen molar-refractivity contribution in [3.05, 3.63) is 27.7 Å². The van der Waals surface area contributed by atoms with Gasteiger partial charge in [0, 0.05) is 13.0 Å². The van der Waals surface area contributed by atoms with Gasteiger partial charge in [-0.3, -0.25) is 14.4 Å². The highest BCUT2D eigenvalue weighted by Crippen LogP contribution is 2.39. The fraction of sp³-hybridized carbons (Fsp3) is 0.308. The Kier molecular flexibility index (Phi) is 4.30. The summed E-state index contributed by atoms with van der Waals surface area (Å²) in [4.78, 5) is 35.5. The van der Waals surface area contributed by atoms with E-state index in [1.54, 1.807) is 0 Å². The van der Waals surface area contributed by atoms with Crippen molar-refractivity contribution < 1.29 is 19.5 Å². The monoisotopic (exact) mass is 315 g/mol. The first-order valence-electron chi connectivity index (χ1n) is 5.99. The van der Waals surface area contributed by atoms with Gasteiger partial charge in [-0.05, 0) is 25.0 Å². The molecule has 7 heteroatoms. The molecule has 5 nitrogen and oxygen atoms in total. The van der Waals surface area contributed by atoms with Crippen LogP contribution in [0.2, 0.25) is 10.0 Å². The van der Waals surface area contributed by atoms with Crippen molar-refractivity contribution in [1.82, 2.24) is 0 Å². The number of carbonyl (C=O) groups excluding carboxylic acids is 2. The molecule has 1 heterocycles. The minimum Gasteiger partial charge on any atom is -0.481 e. The maximum atomic E-state index is 11.9. The minimum atomic E-state index is -0.893. The van der Waals surface area contributed by atoms with Gasteiger partial charge in [-0.2, -0.15) is 0 Å². The van der Waals surface area contributed by atoms with Gasteiger partial charge in [-0.25, -0.2) is 0 Å². The number of hydrogen-bond donors (Lipinski definition) is 1. The van der Waals surface area contributed by atoms with Crippen LogP contribution in [0, 0.1) is 0 Å². The predicted molar refractivity (Wildman–Crippen MR) is 74.6 cm³/mol. The standard InChI is InChI=1S/C13H11Cl2NO4/c14-7-4-5-8(15)11-10(7)12(19)13(20)16(11)6-2-1-3-9(17)18/h4-5H,1-3,6H2,(H,17,18). The summed E-state index contributed by atoms with van der Waals surface area (Å²) >= 11 is 12.0. The minimum absolute atomic E-state index is 0.0200. The molecule has 1 aliphatic rings. The van der Waals surface area contributed by atoms with E-state index in [4.69, 9.17) is 28.3 Å². The molecule has 0 saturated carbocycles. The average molecular weight is 316 g/mol. The van der Waals surface area contributed by atoms with Crippen molar-refractivity contribution in [2.45, 2.75) is 19.3 Å². The van der Waals surface area contributed by atoms with Crippen LogP contribution in [0.25, 0.3) is 0 Å². The molecule has 0 bridgehead atoms. The van der Waals surface area contributed by atoms with E-state index in [0.717, 1.165) is 0 Å². The van der Waals surface area contributed by atoms with Gasteiger partial charge in [0.25, 0.3) is 11.7 Å². The Bertz CT molecular complexity index is 600. The van der Waals surface area contributed by atoms with Gasteiger partial charge in [0.15, 0.2) is 0 Å². The lowest BCUT2D eigenvalue weighted by molar-refractivity contribution is -0.137. The van der Waals surface area contributed by atoms with Crippen molar-refractivity contribution in [1.29, 1.82) is 0 Å². The van der Waals surface area contributed by atoms with Crippen molar-refractivity contribution in [3.8, 4) is 0 Å². The van der Waals surface area contributed by atoms with E-state index < -0.39 is 17.7 Å². The lowest BCUT2D eigenvalue weighted by Gasteiger charge is -2.17. The molecule has 1 aromatic rings. The van der Waals surface area contributed by atoms with E-state index >= 15 is 0 Å². The molecule has 20 heavy (non-hydrogen) atoms. The first-order chi connectivity index (χ1) is 9.43. The zero-order valence-electron chi connectivity index (χ0n) is 10.4. The molecule has 0 saturated heterocycles. The van der Waals surface area contributed by atoms with Crippen molar-refractivity contribution >= 4 is 46.5 Å². The highest BCUT2D eigenvalue weighted by molar-refractivity contribution is 6.56. The molecule has 0 atom stereocenters. The number of anilines is 1. The number of carbonyl (C=O) groups is 3. The van der Waals surface area contributed by atoms with E-state index in [2.05, 4.69) is 0 Å². The first kappa shape index (κ1) is 14.8. The molecule has 1 aliphatic heterocycles. The van der Waals surface area contributed by atoms with Crippen LogP contribution in [-0.2, 0) is 9.59 Å². The number of rotatable bonds is 5. The summed E-state index contributed by atoms with van der Waals surface area (Å²) in [5, 5.41) is 9.03. The van der Waals surface area contributed by atoms with Crippen LogP contribution in [0.15, 0.2) is 12.1 Å². The van der Waals surface area contributed by atoms with Crippen LogP contribution in [0.3, 0.4) is 0 Å². The fourth-order valence-electron chi connectivity index (χ4n) is 2.11. The molecule has 0 spiro atoms. The molecule has 1 aromatic carbocycles. The van der Waals surface area contributed by atoms with Crippen molar-refractivity contribution in [2.75, 3.05) is 11.4 Å². The second-order valence-corrected chi connectivity index (χ2v) is 5.20. The molecule has 1 amide bonds. The summed E-state index contributed by atoms with van der Waals surface area (Å²) in [5.41, 5.74) is 0.451. The summed E-state index contributed by atoms with van der Waals surface area (Å²) in [6.07, 6.45) is 0.903. The zero-order valence-corrected chi connectivity index (χ0v) is 11.9. The molecule has 0 aliphatic carbocycles. The van der Waals surface area contributed by atoms with Crippen LogP contribution >= 0.6 is 23.2 Å². The molecular formula is C13H11Cl2NO4. The number of hydrogen-bond acceptors (Lipinski definition) is 3. The normalized spacial score (nSPS) is 13.8. The molecule has 0 fully saturated rings. The highest BCUT2D eigenvalue weighted by atomic mass is 35.5. The van der Waals surface area contributed by atoms with Crippen LogP contribution in [0.5, 0.6) is 0 Å². The quantitative estimate of drug-likeness (QED) is 0.669. The lowest BCUT2D eigenvalue weighted by atomic mass is 10.1. The number of ketones is 1. The van der Waals surface area contributed by atoms with Gasteiger partial charge < -0.3 is 10.0 Å². The predicted octanol–water partition coefficient (Wildman–Crippen LogP) is 2.78. The van der Waals surface area contributed by atoms with Gasteiger partial charge in [-0.1, -0.05) is 23.2 Å². The number of nitrogens with zero attached hydrogens (tertiary/aromatic N) is 1. The maximum Gasteiger partial charge on any atom is 0.303 e. The lowest BCUT2D eigenvalue weighted by Crippen LogP contribution is -2.30. The summed E-state index contributed by atoms with van der Waals surface area (Å²) in [6.45, 7) is 0.241. The summed E-state index contributed by atoms with van der Waals surface area (Å²) < 4.78 is 0. The largest absolute Gasteiger partial charge is 0.481 e. The molecular weight excluding hydrogens is 305 g/mol. The molecule has 0 radical (unpaired) electrons. The Morgan fingerprint density at radius 2 is 1.80 bits per heavy atom. The van der Waals surface area contributed by atoms with Crippen LogP contribution < -0.4 is 4.90 Å². The third kappa shape index (κ3) is 2.64. The van der Waals surface area contributed by atoms with Gasteiger partial charge in [0.2, 0.25) is 0 Å². The van der Waals surface area contributed by atoms with Gasteiger partial charge >= 0.3 is 5.97 Å². The van der Waals surface area contributed by atoms with E-state index in [9.17, 15) is 14.4 Å². The van der Waals surface area contributed by atoms with E-state index in [0.29, 0.717) is 18.5 Å². The van der Waals surface area contributed by atoms with E-state index in [-0.39, 0.29) is 28.6 Å². The van der Waals surface area contributed by atoms with Crippen molar-refractivity contribution in [2.24, 2.45) is 0 Å². The summed E-state index contributed by atoms with van der Waals surface area (Å²) in [5.74, 6) is -2.24. The number of halogens is 2. The van der Waals surface area contributed by atoms with Gasteiger partial charge in [0.05, 0.1) is 21.3 Å². The number of fused-ring (bicyclic) bond motifs is 1. The van der Waals surface area contributed by atoms with E-state index in [1.807, 2.05) is 0 Å². The maximum absolute atomic E-state index is 11.9. The van der Waals surface area contributed by atoms with Crippen molar-refractivity contribution in [3.63, 3.8) is 0 Å². The first-order valence-corrected chi connectivity index (χ1v) is 6.75. The Hall–Kier alpha value is -1.59. The smallest absolute Gasteiger partial charge is 0.303 e. The average Bonchev–Trinajstić information content (AvgIpc) is 2.64. The third-order valence-electron chi connectivity index (χ3n) is 3.04. The SMILES string of the molecule is O=C(O)CCCCN1C(=O)C(=O)c2c(Cl)ccc(Cl)c21. The Balaban J connectivity index is 2.20. The number of unbranched alkanes of at least 4 members (excludes halogenated alkanes) is 1. The summed E-state index contributed by atoms with van der Waals surface area (Å²) in [6, 6.07) is 3.00. The van der Waals surface area contributed by atoms with Crippen LogP contribution in [0.1, 0.15) is 29.6 Å². The molecule has 0 aromatic heterocycles. The number of Topliss-reactive ketones (excluding diaryl/α,β-unsaturated/α-hetero) is 1. The summed E-state index contributed by atoms with van der Waals surface area (Å²) in [7, 11) is 0. The number of aliphatic carboxylic acids is 1. The third-order valence-corrected chi connectivity index (χ3v) is 3.66. The zero-order chi connectivity index (χ0) is 14.9. The number of amides is 1. The second kappa shape index (κ2) is 5.81. The fourth-order valence-corrected chi connectivity index (χ4v) is 2.61.